The minimum Gasteiger partial charge on any atom is -0.399 e. The summed E-state index contributed by atoms with van der Waals surface area (Å²) in [5.41, 5.74) is 7.40. The third-order valence-electron chi connectivity index (χ3n) is 2.67. The van der Waals surface area contributed by atoms with Crippen LogP contribution in [0.4, 0.5) is 15.9 Å². The number of carbonyl (C=O) groups excluding carboxylic acids is 1. The Balaban J connectivity index is 1.88. The van der Waals surface area contributed by atoms with E-state index in [1.54, 1.807) is 6.07 Å². The highest BCUT2D eigenvalue weighted by Crippen LogP contribution is 2.13. The molecule has 0 aliphatic rings. The Morgan fingerprint density at radius 1 is 1.26 bits per heavy atom. The number of nitrogen functional groups attached to an aromatic ring is 1. The molecule has 3 N–H and O–H groups in total. The predicted molar refractivity (Wildman–Crippen MR) is 72.0 cm³/mol. The van der Waals surface area contributed by atoms with Crippen LogP contribution in [0, 0.1) is 5.82 Å². The van der Waals surface area contributed by atoms with E-state index in [9.17, 15) is 9.18 Å². The van der Waals surface area contributed by atoms with Crippen molar-refractivity contribution >= 4 is 17.4 Å². The third-order valence-corrected chi connectivity index (χ3v) is 2.67. The van der Waals surface area contributed by atoms with E-state index in [1.165, 1.54) is 12.1 Å². The number of nitrogens with one attached hydrogen (secondary N) is 1. The van der Waals surface area contributed by atoms with Crippen molar-refractivity contribution in [2.45, 2.75) is 12.8 Å². The normalized spacial score (nSPS) is 10.2. The molecule has 1 amide bonds. The average Bonchev–Trinajstić information content (AvgIpc) is 2.40. The van der Waals surface area contributed by atoms with Gasteiger partial charge in [-0.15, -0.1) is 0 Å². The first kappa shape index (κ1) is 13.0. The predicted octanol–water partition coefficient (Wildman–Crippen LogP) is 2.37. The van der Waals surface area contributed by atoms with Crippen molar-refractivity contribution in [2.24, 2.45) is 0 Å². The molecule has 19 heavy (non-hydrogen) atoms. The van der Waals surface area contributed by atoms with Gasteiger partial charge in [0.15, 0.2) is 0 Å². The maximum absolute atomic E-state index is 12.6. The number of aryl methyl sites for hydroxylation is 1. The molecule has 0 spiro atoms. The van der Waals surface area contributed by atoms with Gasteiger partial charge in [-0.05, 0) is 30.2 Å². The Kier molecular flexibility index (Phi) is 4.07. The molecule has 0 atom stereocenters. The zero-order chi connectivity index (χ0) is 13.7. The molecular formula is C14H14FN3O. The lowest BCUT2D eigenvalue weighted by atomic mass is 10.1. The van der Waals surface area contributed by atoms with Gasteiger partial charge in [0, 0.05) is 12.1 Å². The van der Waals surface area contributed by atoms with Crippen LogP contribution in [-0.4, -0.2) is 10.9 Å². The largest absolute Gasteiger partial charge is 0.399 e. The molecule has 0 saturated carbocycles. The van der Waals surface area contributed by atoms with Crippen molar-refractivity contribution in [3.05, 3.63) is 54.0 Å². The molecule has 1 aromatic heterocycles. The molecule has 0 radical (unpaired) electrons. The first-order valence-electron chi connectivity index (χ1n) is 5.90. The number of pyridine rings is 1. The van der Waals surface area contributed by atoms with E-state index in [-0.39, 0.29) is 5.91 Å². The summed E-state index contributed by atoms with van der Waals surface area (Å²) in [5, 5.41) is 2.60. The monoisotopic (exact) mass is 259 g/mol. The number of amides is 1. The molecule has 1 aromatic carbocycles. The van der Waals surface area contributed by atoms with Crippen LogP contribution in [-0.2, 0) is 11.2 Å². The fraction of sp³-hybridized carbons (Fsp3) is 0.143. The Hall–Kier alpha value is -2.43. The fourth-order valence-corrected chi connectivity index (χ4v) is 1.67. The zero-order valence-electron chi connectivity index (χ0n) is 10.3. The van der Waals surface area contributed by atoms with E-state index >= 15 is 0 Å². The van der Waals surface area contributed by atoms with E-state index < -0.39 is 5.82 Å². The van der Waals surface area contributed by atoms with Crippen molar-refractivity contribution in [1.29, 1.82) is 0 Å². The molecule has 4 nitrogen and oxygen atoms in total. The van der Waals surface area contributed by atoms with Gasteiger partial charge < -0.3 is 11.1 Å². The molecule has 5 heteroatoms. The lowest BCUT2D eigenvalue weighted by Gasteiger charge is -2.06. The number of anilines is 2. The maximum Gasteiger partial charge on any atom is 0.225 e. The number of hydrogen-bond donors (Lipinski definition) is 2. The highest BCUT2D eigenvalue weighted by Gasteiger charge is 2.05. The van der Waals surface area contributed by atoms with Crippen LogP contribution in [0.15, 0.2) is 42.6 Å². The average molecular weight is 259 g/mol. The summed E-state index contributed by atoms with van der Waals surface area (Å²) in [5.74, 6) is -0.273. The first-order valence-corrected chi connectivity index (χ1v) is 5.90. The summed E-state index contributed by atoms with van der Waals surface area (Å²) in [6.07, 6.45) is 1.91. The van der Waals surface area contributed by atoms with Crippen LogP contribution in [0.2, 0.25) is 0 Å². The SMILES string of the molecule is Nc1ccccc1CCC(=O)Nc1ccc(F)cn1. The van der Waals surface area contributed by atoms with Gasteiger partial charge in [0.1, 0.15) is 11.6 Å². The van der Waals surface area contributed by atoms with E-state index in [2.05, 4.69) is 10.3 Å². The van der Waals surface area contributed by atoms with Gasteiger partial charge in [-0.2, -0.15) is 0 Å². The van der Waals surface area contributed by atoms with E-state index in [1.807, 2.05) is 18.2 Å². The van der Waals surface area contributed by atoms with Gasteiger partial charge in [-0.1, -0.05) is 18.2 Å². The molecule has 0 bridgehead atoms. The Labute approximate surface area is 110 Å². The molecular weight excluding hydrogens is 245 g/mol. The highest BCUT2D eigenvalue weighted by atomic mass is 19.1. The number of carbonyl (C=O) groups is 1. The molecule has 2 aromatic rings. The summed E-state index contributed by atoms with van der Waals surface area (Å²) in [4.78, 5) is 15.5. The molecule has 1 heterocycles. The van der Waals surface area contributed by atoms with Crippen molar-refractivity contribution in [3.8, 4) is 0 Å². The first-order chi connectivity index (χ1) is 9.15. The zero-order valence-corrected chi connectivity index (χ0v) is 10.3. The molecule has 0 aliphatic carbocycles. The molecule has 0 fully saturated rings. The topological polar surface area (TPSA) is 68.0 Å². The summed E-state index contributed by atoms with van der Waals surface area (Å²) < 4.78 is 12.6. The second-order valence-electron chi connectivity index (χ2n) is 4.11. The van der Waals surface area contributed by atoms with Crippen LogP contribution in [0.5, 0.6) is 0 Å². The molecule has 0 aliphatic heterocycles. The third kappa shape index (κ3) is 3.77. The van der Waals surface area contributed by atoms with Crippen LogP contribution in [0.25, 0.3) is 0 Å². The minimum atomic E-state index is -0.435. The number of nitrogens with zero attached hydrogens (tertiary/aromatic N) is 1. The van der Waals surface area contributed by atoms with Crippen LogP contribution in [0.3, 0.4) is 0 Å². The van der Waals surface area contributed by atoms with Crippen molar-refractivity contribution < 1.29 is 9.18 Å². The number of benzene rings is 1. The van der Waals surface area contributed by atoms with Gasteiger partial charge in [-0.25, -0.2) is 9.37 Å². The molecule has 0 saturated heterocycles. The maximum atomic E-state index is 12.6. The number of hydrogen-bond acceptors (Lipinski definition) is 3. The molecule has 0 unspecified atom stereocenters. The van der Waals surface area contributed by atoms with Crippen LogP contribution in [0.1, 0.15) is 12.0 Å². The van der Waals surface area contributed by atoms with Gasteiger partial charge >= 0.3 is 0 Å². The number of halogens is 1. The van der Waals surface area contributed by atoms with Gasteiger partial charge in [0.25, 0.3) is 0 Å². The van der Waals surface area contributed by atoms with Crippen molar-refractivity contribution in [2.75, 3.05) is 11.1 Å². The van der Waals surface area contributed by atoms with Gasteiger partial charge in [0.05, 0.1) is 6.20 Å². The lowest BCUT2D eigenvalue weighted by Crippen LogP contribution is -2.13. The van der Waals surface area contributed by atoms with Crippen molar-refractivity contribution in [1.82, 2.24) is 4.98 Å². The fourth-order valence-electron chi connectivity index (χ4n) is 1.67. The lowest BCUT2D eigenvalue weighted by molar-refractivity contribution is -0.116. The quantitative estimate of drug-likeness (QED) is 0.828. The number of para-hydroxylation sites is 1. The summed E-state index contributed by atoms with van der Waals surface area (Å²) in [6, 6.07) is 10.1. The summed E-state index contributed by atoms with van der Waals surface area (Å²) >= 11 is 0. The van der Waals surface area contributed by atoms with E-state index in [0.717, 1.165) is 11.8 Å². The smallest absolute Gasteiger partial charge is 0.225 e. The number of aromatic nitrogens is 1. The van der Waals surface area contributed by atoms with Crippen molar-refractivity contribution in [3.63, 3.8) is 0 Å². The molecule has 2 rings (SSSR count). The summed E-state index contributed by atoms with van der Waals surface area (Å²) in [6.45, 7) is 0. The van der Waals surface area contributed by atoms with Crippen LogP contribution < -0.4 is 11.1 Å². The highest BCUT2D eigenvalue weighted by molar-refractivity contribution is 5.89. The van der Waals surface area contributed by atoms with E-state index in [4.69, 9.17) is 5.73 Å². The van der Waals surface area contributed by atoms with Gasteiger partial charge in [-0.3, -0.25) is 4.79 Å². The van der Waals surface area contributed by atoms with Gasteiger partial charge in [0.2, 0.25) is 5.91 Å². The second-order valence-corrected chi connectivity index (χ2v) is 4.11. The number of rotatable bonds is 4. The Morgan fingerprint density at radius 3 is 2.74 bits per heavy atom. The van der Waals surface area contributed by atoms with Crippen LogP contribution >= 0.6 is 0 Å². The Morgan fingerprint density at radius 2 is 2.05 bits per heavy atom. The Bertz CT molecular complexity index is 569. The standard InChI is InChI=1S/C14H14FN3O/c15-11-6-7-13(17-9-11)18-14(19)8-5-10-3-1-2-4-12(10)16/h1-4,6-7,9H,5,8,16H2,(H,17,18,19). The second kappa shape index (κ2) is 5.95. The minimum absolute atomic E-state index is 0.178. The molecule has 98 valence electrons. The van der Waals surface area contributed by atoms with E-state index in [0.29, 0.717) is 24.3 Å². The summed E-state index contributed by atoms with van der Waals surface area (Å²) in [7, 11) is 0. The number of nitrogens with two attached hydrogens (primary N) is 1.